The van der Waals surface area contributed by atoms with E-state index < -0.39 is 9.73 Å². The molecular weight excluding hydrogens is 623 g/mol. The van der Waals surface area contributed by atoms with Gasteiger partial charge in [0, 0.05) is 39.1 Å². The highest BCUT2D eigenvalue weighted by atomic mass is 32.2. The maximum absolute atomic E-state index is 15.6. The van der Waals surface area contributed by atoms with Crippen LogP contribution in [-0.2, 0) is 9.73 Å². The normalized spacial score (nSPS) is 15.0. The van der Waals surface area contributed by atoms with Crippen LogP contribution in [-0.4, -0.2) is 23.7 Å². The van der Waals surface area contributed by atoms with Gasteiger partial charge in [0.2, 0.25) is 0 Å². The molecule has 0 amide bonds. The van der Waals surface area contributed by atoms with Gasteiger partial charge in [-0.2, -0.15) is 4.36 Å². The van der Waals surface area contributed by atoms with E-state index in [0.717, 1.165) is 44.8 Å². The van der Waals surface area contributed by atoms with Crippen molar-refractivity contribution in [3.05, 3.63) is 163 Å². The lowest BCUT2D eigenvalue weighted by atomic mass is 10.0. The molecule has 5 aromatic carbocycles. The molecule has 0 saturated carbocycles. The van der Waals surface area contributed by atoms with E-state index in [1.54, 1.807) is 0 Å². The summed E-state index contributed by atoms with van der Waals surface area (Å²) in [5.41, 5.74) is 7.05. The highest BCUT2D eigenvalue weighted by Crippen LogP contribution is 2.50. The quantitative estimate of drug-likeness (QED) is 0.172. The van der Waals surface area contributed by atoms with E-state index in [1.165, 1.54) is 0 Å². The molecule has 0 radical (unpaired) electrons. The van der Waals surface area contributed by atoms with Gasteiger partial charge in [0.25, 0.3) is 0 Å². The van der Waals surface area contributed by atoms with E-state index in [2.05, 4.69) is 17.2 Å². The number of fused-ring (bicyclic) bond motifs is 3. The van der Waals surface area contributed by atoms with Crippen LogP contribution in [0.2, 0.25) is 0 Å². The predicted octanol–water partition coefficient (Wildman–Crippen LogP) is 10.5. The molecule has 7 heteroatoms. The molecule has 0 fully saturated rings. The molecule has 0 aliphatic carbocycles. The molecule has 49 heavy (non-hydrogen) atoms. The van der Waals surface area contributed by atoms with Gasteiger partial charge in [-0.3, -0.25) is 4.57 Å². The Bertz CT molecular complexity index is 2450. The molecule has 2 aromatic heterocycles. The average molecular weight is 654 g/mol. The zero-order valence-electron chi connectivity index (χ0n) is 26.8. The van der Waals surface area contributed by atoms with E-state index in [-0.39, 0.29) is 0 Å². The van der Waals surface area contributed by atoms with Gasteiger partial charge in [-0.15, -0.1) is 0 Å². The Morgan fingerprint density at radius 2 is 1.20 bits per heavy atom. The maximum atomic E-state index is 15.6. The highest BCUT2D eigenvalue weighted by Gasteiger charge is 2.33. The maximum Gasteiger partial charge on any atom is 0.164 e. The van der Waals surface area contributed by atoms with Crippen molar-refractivity contribution < 1.29 is 4.21 Å². The van der Waals surface area contributed by atoms with Crippen LogP contribution in [0.4, 0.5) is 5.82 Å². The van der Waals surface area contributed by atoms with Crippen molar-refractivity contribution in [2.24, 2.45) is 4.36 Å². The Balaban J connectivity index is 1.37. The van der Waals surface area contributed by atoms with Crippen LogP contribution in [0.1, 0.15) is 18.2 Å². The first-order chi connectivity index (χ1) is 24.1. The van der Waals surface area contributed by atoms with Crippen LogP contribution >= 0.6 is 0 Å². The molecular formula is C42H31N5OS. The number of allylic oxidation sites excluding steroid dienone is 1. The van der Waals surface area contributed by atoms with Crippen LogP contribution in [0.15, 0.2) is 166 Å². The number of hydrogen-bond acceptors (Lipinski definition) is 5. The monoisotopic (exact) mass is 653 g/mol. The number of rotatable bonds is 7. The van der Waals surface area contributed by atoms with Crippen molar-refractivity contribution >= 4 is 27.7 Å². The molecule has 3 heterocycles. The average Bonchev–Trinajstić information content (AvgIpc) is 3.48. The lowest BCUT2D eigenvalue weighted by Gasteiger charge is -2.21. The van der Waals surface area contributed by atoms with E-state index >= 15 is 4.21 Å². The minimum Gasteiger partial charge on any atom is -0.293 e. The third-order valence-corrected chi connectivity index (χ3v) is 10.8. The van der Waals surface area contributed by atoms with Crippen molar-refractivity contribution in [2.75, 3.05) is 0 Å². The third-order valence-electron chi connectivity index (χ3n) is 8.55. The zero-order chi connectivity index (χ0) is 33.4. The Kier molecular flexibility index (Phi) is 7.66. The van der Waals surface area contributed by atoms with Crippen LogP contribution in [0, 0.1) is 0 Å². The number of benzene rings is 5. The molecule has 1 atom stereocenters. The first kappa shape index (κ1) is 30.2. The van der Waals surface area contributed by atoms with Gasteiger partial charge in [0.1, 0.15) is 9.73 Å². The molecule has 1 aliphatic heterocycles. The van der Waals surface area contributed by atoms with Gasteiger partial charge in [-0.25, -0.2) is 19.2 Å². The number of para-hydroxylation sites is 1. The number of hydrogen-bond donors (Lipinski definition) is 0. The molecule has 0 saturated heterocycles. The lowest BCUT2D eigenvalue weighted by Crippen LogP contribution is -2.09. The fourth-order valence-corrected chi connectivity index (χ4v) is 8.48. The van der Waals surface area contributed by atoms with Gasteiger partial charge in [-0.1, -0.05) is 128 Å². The molecule has 6 nitrogen and oxygen atoms in total. The summed E-state index contributed by atoms with van der Waals surface area (Å²) in [5.74, 6) is 2.23. The number of nitrogens with zero attached hydrogens (tertiary/aromatic N) is 5. The summed E-state index contributed by atoms with van der Waals surface area (Å²) >= 11 is 0. The summed E-state index contributed by atoms with van der Waals surface area (Å²) in [4.78, 5) is 15.9. The largest absolute Gasteiger partial charge is 0.293 e. The SMILES string of the molecule is C=Cc1c2c(n(-c3ccccc3)c1/C=C\C)N=S(=O)(c1cccc(-c3nc(-c4ccccc4)nc(-c4ccccc4)n3)c1)c1ccccc1-2. The molecule has 0 bridgehead atoms. The first-order valence-electron chi connectivity index (χ1n) is 16.0. The first-order valence-corrected chi connectivity index (χ1v) is 17.5. The summed E-state index contributed by atoms with van der Waals surface area (Å²) in [6, 6.07) is 45.2. The fourth-order valence-electron chi connectivity index (χ4n) is 6.32. The summed E-state index contributed by atoms with van der Waals surface area (Å²) in [5, 5.41) is 0. The molecule has 0 spiro atoms. The van der Waals surface area contributed by atoms with Gasteiger partial charge in [0.05, 0.1) is 15.5 Å². The van der Waals surface area contributed by atoms with Crippen LogP contribution in [0.3, 0.4) is 0 Å². The van der Waals surface area contributed by atoms with Gasteiger partial charge in [-0.05, 0) is 43.3 Å². The van der Waals surface area contributed by atoms with Crippen LogP contribution in [0.5, 0.6) is 0 Å². The highest BCUT2D eigenvalue weighted by molar-refractivity contribution is 7.94. The fraction of sp³-hybridized carbons (Fsp3) is 0.0238. The second-order valence-electron chi connectivity index (χ2n) is 11.6. The third kappa shape index (κ3) is 5.21. The van der Waals surface area contributed by atoms with E-state index in [4.69, 9.17) is 19.3 Å². The Hall–Kier alpha value is -6.18. The van der Waals surface area contributed by atoms with Crippen molar-refractivity contribution in [3.8, 4) is 51.0 Å². The summed E-state index contributed by atoms with van der Waals surface area (Å²) < 4.78 is 22.9. The number of aromatic nitrogens is 4. The van der Waals surface area contributed by atoms with Gasteiger partial charge < -0.3 is 0 Å². The molecule has 1 unspecified atom stereocenters. The minimum atomic E-state index is -3.18. The smallest absolute Gasteiger partial charge is 0.164 e. The Labute approximate surface area is 286 Å². The van der Waals surface area contributed by atoms with Gasteiger partial charge >= 0.3 is 0 Å². The second-order valence-corrected chi connectivity index (χ2v) is 13.7. The van der Waals surface area contributed by atoms with Crippen molar-refractivity contribution in [1.82, 2.24) is 19.5 Å². The van der Waals surface area contributed by atoms with Crippen molar-refractivity contribution in [2.45, 2.75) is 16.7 Å². The predicted molar refractivity (Wildman–Crippen MR) is 199 cm³/mol. The standard InChI is InChI=1S/C42H31N5OS/c1-3-17-36-34(4-2)38-35-26-14-15-27-37(35)49(48,46-42(38)47(36)32-23-12-7-13-24-32)33-25-16-22-31(28-33)41-44-39(29-18-8-5-9-19-29)43-40(45-41)30-20-10-6-11-21-30/h3-28H,2H2,1H3/b17-3-. The topological polar surface area (TPSA) is 73.0 Å². The summed E-state index contributed by atoms with van der Waals surface area (Å²) in [6.45, 7) is 6.17. The van der Waals surface area contributed by atoms with Crippen LogP contribution < -0.4 is 0 Å². The van der Waals surface area contributed by atoms with E-state index in [1.807, 2.05) is 159 Å². The molecule has 8 rings (SSSR count). The second kappa shape index (κ2) is 12.4. The van der Waals surface area contributed by atoms with Crippen LogP contribution in [0.25, 0.3) is 63.1 Å². The molecule has 0 N–H and O–H groups in total. The van der Waals surface area contributed by atoms with Gasteiger partial charge in [0.15, 0.2) is 23.3 Å². The van der Waals surface area contributed by atoms with Crippen molar-refractivity contribution in [1.29, 1.82) is 0 Å². The molecule has 1 aliphatic rings. The Morgan fingerprint density at radius 3 is 1.82 bits per heavy atom. The minimum absolute atomic E-state index is 0.485. The zero-order valence-corrected chi connectivity index (χ0v) is 27.6. The van der Waals surface area contributed by atoms with E-state index in [0.29, 0.717) is 33.1 Å². The lowest BCUT2D eigenvalue weighted by molar-refractivity contribution is 0.676. The summed E-state index contributed by atoms with van der Waals surface area (Å²) in [6.07, 6.45) is 5.92. The Morgan fingerprint density at radius 1 is 0.653 bits per heavy atom. The summed E-state index contributed by atoms with van der Waals surface area (Å²) in [7, 11) is -3.18. The molecule has 7 aromatic rings. The molecule has 236 valence electrons. The van der Waals surface area contributed by atoms with Crippen molar-refractivity contribution in [3.63, 3.8) is 0 Å². The van der Waals surface area contributed by atoms with E-state index in [9.17, 15) is 0 Å².